The van der Waals surface area contributed by atoms with Gasteiger partial charge in [0.05, 0.1) is 5.56 Å². The number of hydrogen-bond donors (Lipinski definition) is 3. The molecule has 0 saturated carbocycles. The van der Waals surface area contributed by atoms with Crippen LogP contribution in [0.2, 0.25) is 0 Å². The van der Waals surface area contributed by atoms with E-state index in [4.69, 9.17) is 4.74 Å². The van der Waals surface area contributed by atoms with Crippen molar-refractivity contribution in [2.24, 2.45) is 0 Å². The highest BCUT2D eigenvalue weighted by molar-refractivity contribution is 5.91. The molecule has 0 bridgehead atoms. The molecule has 1 aromatic carbocycles. The van der Waals surface area contributed by atoms with Crippen LogP contribution < -0.4 is 0 Å². The summed E-state index contributed by atoms with van der Waals surface area (Å²) in [5.41, 5.74) is -0.0119. The second-order valence-corrected chi connectivity index (χ2v) is 5.49. The maximum absolute atomic E-state index is 11.7. The van der Waals surface area contributed by atoms with Crippen LogP contribution in [0.4, 0.5) is 0 Å². The first-order chi connectivity index (χ1) is 11.1. The van der Waals surface area contributed by atoms with Crippen LogP contribution in [0.25, 0.3) is 0 Å². The van der Waals surface area contributed by atoms with Crippen LogP contribution in [0.1, 0.15) is 62.2 Å². The average Bonchev–Trinajstić information content (AvgIpc) is 2.53. The number of aromatic hydroxyl groups is 3. The molecule has 0 unspecified atom stereocenters. The molecule has 0 amide bonds. The van der Waals surface area contributed by atoms with Gasteiger partial charge in [0.25, 0.3) is 0 Å². The van der Waals surface area contributed by atoms with Crippen LogP contribution in [-0.4, -0.2) is 27.9 Å². The normalized spacial score (nSPS) is 11.0. The molecule has 0 fully saturated rings. The van der Waals surface area contributed by atoms with Gasteiger partial charge >= 0.3 is 5.97 Å². The van der Waals surface area contributed by atoms with Gasteiger partial charge in [-0.3, -0.25) is 0 Å². The molecule has 5 heteroatoms. The van der Waals surface area contributed by atoms with Gasteiger partial charge in [-0.25, -0.2) is 4.79 Å². The number of allylic oxidation sites excluding steroid dienone is 1. The summed E-state index contributed by atoms with van der Waals surface area (Å²) in [6.45, 7) is 2.34. The SMILES string of the molecule is CCCCCCCC/C=C/COC(=O)c1cc(O)c(O)c(O)c1. The fourth-order valence-corrected chi connectivity index (χ4v) is 2.16. The fraction of sp³-hybridized carbons (Fsp3) is 0.500. The Morgan fingerprint density at radius 2 is 1.61 bits per heavy atom. The molecule has 0 spiro atoms. The molecule has 0 aliphatic heterocycles. The molecule has 0 heterocycles. The van der Waals surface area contributed by atoms with E-state index in [2.05, 4.69) is 6.92 Å². The predicted molar refractivity (Wildman–Crippen MR) is 88.9 cm³/mol. The van der Waals surface area contributed by atoms with Gasteiger partial charge in [0, 0.05) is 0 Å². The Bertz CT molecular complexity index is 499. The van der Waals surface area contributed by atoms with E-state index >= 15 is 0 Å². The zero-order valence-corrected chi connectivity index (χ0v) is 13.6. The maximum Gasteiger partial charge on any atom is 0.338 e. The molecule has 0 saturated heterocycles. The van der Waals surface area contributed by atoms with Crippen molar-refractivity contribution in [2.75, 3.05) is 6.61 Å². The second kappa shape index (κ2) is 10.5. The molecule has 1 aromatic rings. The van der Waals surface area contributed by atoms with E-state index in [1.54, 1.807) is 6.08 Å². The summed E-state index contributed by atoms with van der Waals surface area (Å²) in [6.07, 6.45) is 12.2. The molecular formula is C18H26O5. The molecule has 0 aliphatic rings. The minimum absolute atomic E-state index is 0.0119. The van der Waals surface area contributed by atoms with Crippen molar-refractivity contribution in [3.8, 4) is 17.2 Å². The first-order valence-corrected chi connectivity index (χ1v) is 8.13. The van der Waals surface area contributed by atoms with Crippen molar-refractivity contribution >= 4 is 5.97 Å². The molecule has 0 aromatic heterocycles. The molecule has 3 N–H and O–H groups in total. The summed E-state index contributed by atoms with van der Waals surface area (Å²) < 4.78 is 5.01. The van der Waals surface area contributed by atoms with Crippen molar-refractivity contribution in [1.29, 1.82) is 0 Å². The topological polar surface area (TPSA) is 87.0 Å². The van der Waals surface area contributed by atoms with Crippen LogP contribution in [0, 0.1) is 0 Å². The average molecular weight is 322 g/mol. The third-order valence-electron chi connectivity index (χ3n) is 3.51. The van der Waals surface area contributed by atoms with E-state index < -0.39 is 23.2 Å². The lowest BCUT2D eigenvalue weighted by molar-refractivity contribution is 0.0548. The Hall–Kier alpha value is -2.17. The standard InChI is InChI=1S/C18H26O5/c1-2-3-4-5-6-7-8-9-10-11-23-18(22)14-12-15(19)17(21)16(20)13-14/h9-10,12-13,19-21H,2-8,11H2,1H3/b10-9+. The Morgan fingerprint density at radius 1 is 1.00 bits per heavy atom. The molecular weight excluding hydrogens is 296 g/mol. The summed E-state index contributed by atoms with van der Waals surface area (Å²) in [5.74, 6) is -2.44. The minimum atomic E-state index is -0.667. The van der Waals surface area contributed by atoms with Gasteiger partial charge in [0.15, 0.2) is 17.2 Å². The summed E-state index contributed by atoms with van der Waals surface area (Å²) in [4.78, 5) is 11.7. The molecule has 0 atom stereocenters. The fourth-order valence-electron chi connectivity index (χ4n) is 2.16. The quantitative estimate of drug-likeness (QED) is 0.259. The summed E-state index contributed by atoms with van der Waals surface area (Å²) in [5, 5.41) is 27.9. The van der Waals surface area contributed by atoms with Gasteiger partial charge in [-0.2, -0.15) is 0 Å². The predicted octanol–water partition coefficient (Wildman–Crippen LogP) is 4.27. The number of phenolic OH excluding ortho intramolecular Hbond substituents is 3. The number of unbranched alkanes of at least 4 members (excludes halogenated alkanes) is 6. The van der Waals surface area contributed by atoms with Crippen molar-refractivity contribution in [3.63, 3.8) is 0 Å². The van der Waals surface area contributed by atoms with Crippen molar-refractivity contribution in [3.05, 3.63) is 29.8 Å². The van der Waals surface area contributed by atoms with E-state index in [0.29, 0.717) is 0 Å². The number of carbonyl (C=O) groups is 1. The van der Waals surface area contributed by atoms with Gasteiger partial charge in [0.1, 0.15) is 6.61 Å². The molecule has 5 nitrogen and oxygen atoms in total. The summed E-state index contributed by atoms with van der Waals surface area (Å²) in [7, 11) is 0. The zero-order valence-electron chi connectivity index (χ0n) is 13.6. The minimum Gasteiger partial charge on any atom is -0.504 e. The van der Waals surface area contributed by atoms with Crippen molar-refractivity contribution < 1.29 is 24.9 Å². The number of ether oxygens (including phenoxy) is 1. The third-order valence-corrected chi connectivity index (χ3v) is 3.51. The first-order valence-electron chi connectivity index (χ1n) is 8.13. The largest absolute Gasteiger partial charge is 0.504 e. The molecule has 1 rings (SSSR count). The smallest absolute Gasteiger partial charge is 0.338 e. The lowest BCUT2D eigenvalue weighted by Gasteiger charge is -2.05. The van der Waals surface area contributed by atoms with Crippen LogP contribution >= 0.6 is 0 Å². The van der Waals surface area contributed by atoms with Gasteiger partial charge in [-0.15, -0.1) is 0 Å². The van der Waals surface area contributed by atoms with E-state index in [9.17, 15) is 20.1 Å². The monoisotopic (exact) mass is 322 g/mol. The summed E-state index contributed by atoms with van der Waals surface area (Å²) in [6, 6.07) is 2.11. The van der Waals surface area contributed by atoms with Gasteiger partial charge in [-0.05, 0) is 25.0 Å². The first kappa shape index (κ1) is 18.9. The van der Waals surface area contributed by atoms with Gasteiger partial charge in [0.2, 0.25) is 0 Å². The van der Waals surface area contributed by atoms with Crippen molar-refractivity contribution in [2.45, 2.75) is 51.9 Å². The van der Waals surface area contributed by atoms with Crippen LogP contribution in [-0.2, 0) is 4.74 Å². The highest BCUT2D eigenvalue weighted by Gasteiger charge is 2.14. The number of hydrogen-bond acceptors (Lipinski definition) is 5. The highest BCUT2D eigenvalue weighted by atomic mass is 16.5. The Morgan fingerprint density at radius 3 is 2.26 bits per heavy atom. The summed E-state index contributed by atoms with van der Waals surface area (Å²) >= 11 is 0. The number of esters is 1. The Kier molecular flexibility index (Phi) is 8.65. The van der Waals surface area contributed by atoms with E-state index in [1.807, 2.05) is 6.08 Å². The van der Waals surface area contributed by atoms with Crippen LogP contribution in [0.15, 0.2) is 24.3 Å². The van der Waals surface area contributed by atoms with Crippen LogP contribution in [0.5, 0.6) is 17.2 Å². The Labute approximate surface area is 137 Å². The molecule has 0 aliphatic carbocycles. The maximum atomic E-state index is 11.7. The third kappa shape index (κ3) is 7.08. The van der Waals surface area contributed by atoms with Gasteiger partial charge in [-0.1, -0.05) is 51.2 Å². The number of carbonyl (C=O) groups excluding carboxylic acids is 1. The zero-order chi connectivity index (χ0) is 17.1. The lowest BCUT2D eigenvalue weighted by Crippen LogP contribution is -2.04. The number of rotatable bonds is 10. The van der Waals surface area contributed by atoms with E-state index in [1.165, 1.54) is 32.1 Å². The molecule has 128 valence electrons. The number of benzene rings is 1. The number of phenols is 3. The highest BCUT2D eigenvalue weighted by Crippen LogP contribution is 2.35. The van der Waals surface area contributed by atoms with E-state index in [-0.39, 0.29) is 12.2 Å². The molecule has 0 radical (unpaired) electrons. The lowest BCUT2D eigenvalue weighted by atomic mass is 10.1. The van der Waals surface area contributed by atoms with E-state index in [0.717, 1.165) is 25.0 Å². The Balaban J connectivity index is 2.23. The van der Waals surface area contributed by atoms with Crippen LogP contribution in [0.3, 0.4) is 0 Å². The molecule has 23 heavy (non-hydrogen) atoms. The van der Waals surface area contributed by atoms with Crippen molar-refractivity contribution in [1.82, 2.24) is 0 Å². The second-order valence-electron chi connectivity index (χ2n) is 5.49. The van der Waals surface area contributed by atoms with Gasteiger partial charge < -0.3 is 20.1 Å².